The standard InChI is InChI=1S/C24H17ClF3N4O2S/c25-23-30-13-17(35-23)11-20-31-9-2-1-6-18(31)22(33)21(32(20)34)15-5-3-4-14(10-15)16-7-8-19(29-12-16)24(26,27)28/h1-10,12-13,20-21,34H,11H2/q+1. The van der Waals surface area contributed by atoms with Gasteiger partial charge in [-0.15, -0.1) is 16.4 Å². The molecule has 0 saturated heterocycles. The van der Waals surface area contributed by atoms with E-state index in [-0.39, 0.29) is 5.78 Å². The Morgan fingerprint density at radius 3 is 2.57 bits per heavy atom. The highest BCUT2D eigenvalue weighted by molar-refractivity contribution is 7.15. The lowest BCUT2D eigenvalue weighted by molar-refractivity contribution is -0.764. The van der Waals surface area contributed by atoms with E-state index >= 15 is 0 Å². The van der Waals surface area contributed by atoms with Gasteiger partial charge in [0.05, 0.1) is 6.42 Å². The number of alkyl halides is 3. The van der Waals surface area contributed by atoms with Gasteiger partial charge in [-0.2, -0.15) is 17.7 Å². The summed E-state index contributed by atoms with van der Waals surface area (Å²) in [6.07, 6.45) is -0.286. The van der Waals surface area contributed by atoms with Crippen LogP contribution in [0.5, 0.6) is 0 Å². The van der Waals surface area contributed by atoms with Gasteiger partial charge in [0, 0.05) is 35.0 Å². The molecule has 4 aromatic rings. The van der Waals surface area contributed by atoms with E-state index in [1.807, 2.05) is 0 Å². The summed E-state index contributed by atoms with van der Waals surface area (Å²) in [5.74, 6) is -0.311. The van der Waals surface area contributed by atoms with Crippen molar-refractivity contribution in [1.29, 1.82) is 0 Å². The first-order valence-electron chi connectivity index (χ1n) is 10.5. The second-order valence-electron chi connectivity index (χ2n) is 7.96. The second kappa shape index (κ2) is 9.12. The Bertz CT molecular complexity index is 1390. The van der Waals surface area contributed by atoms with Crippen molar-refractivity contribution in [2.24, 2.45) is 0 Å². The number of hydroxylamine groups is 2. The minimum absolute atomic E-state index is 0.311. The maximum absolute atomic E-state index is 13.4. The quantitative estimate of drug-likeness (QED) is 0.360. The van der Waals surface area contributed by atoms with E-state index in [9.17, 15) is 23.2 Å². The summed E-state index contributed by atoms with van der Waals surface area (Å²) in [4.78, 5) is 21.8. The number of halogens is 4. The van der Waals surface area contributed by atoms with Crippen molar-refractivity contribution < 1.29 is 27.7 Å². The molecule has 0 fully saturated rings. The molecule has 4 heterocycles. The summed E-state index contributed by atoms with van der Waals surface area (Å²) in [6, 6.07) is 13.2. The predicted molar refractivity (Wildman–Crippen MR) is 122 cm³/mol. The van der Waals surface area contributed by atoms with Crippen LogP contribution >= 0.6 is 22.9 Å². The highest BCUT2D eigenvalue weighted by Gasteiger charge is 2.46. The average molecular weight is 518 g/mol. The van der Waals surface area contributed by atoms with E-state index < -0.39 is 24.1 Å². The smallest absolute Gasteiger partial charge is 0.307 e. The summed E-state index contributed by atoms with van der Waals surface area (Å²) < 4.78 is 40.7. The fraction of sp³-hybridized carbons (Fsp3) is 0.167. The molecule has 5 rings (SSSR count). The number of pyridine rings is 2. The van der Waals surface area contributed by atoms with Gasteiger partial charge >= 0.3 is 6.18 Å². The van der Waals surface area contributed by atoms with Crippen molar-refractivity contribution in [2.75, 3.05) is 0 Å². The molecular weight excluding hydrogens is 501 g/mol. The van der Waals surface area contributed by atoms with E-state index in [2.05, 4.69) is 9.97 Å². The topological polar surface area (TPSA) is 70.2 Å². The highest BCUT2D eigenvalue weighted by Crippen LogP contribution is 2.35. The van der Waals surface area contributed by atoms with E-state index in [1.165, 1.54) is 17.4 Å². The number of hydrogen-bond donors (Lipinski definition) is 1. The largest absolute Gasteiger partial charge is 0.433 e. The Morgan fingerprint density at radius 2 is 1.89 bits per heavy atom. The molecule has 35 heavy (non-hydrogen) atoms. The number of fused-ring (bicyclic) bond motifs is 1. The van der Waals surface area contributed by atoms with Crippen LogP contribution in [0.4, 0.5) is 13.2 Å². The Balaban J connectivity index is 1.52. The van der Waals surface area contributed by atoms with Crippen LogP contribution in [0.2, 0.25) is 4.47 Å². The predicted octanol–water partition coefficient (Wildman–Crippen LogP) is 5.53. The van der Waals surface area contributed by atoms with Crippen LogP contribution in [0.3, 0.4) is 0 Å². The lowest BCUT2D eigenvalue weighted by Gasteiger charge is -2.33. The lowest BCUT2D eigenvalue weighted by Crippen LogP contribution is -2.59. The zero-order chi connectivity index (χ0) is 24.7. The van der Waals surface area contributed by atoms with Crippen molar-refractivity contribution >= 4 is 28.7 Å². The summed E-state index contributed by atoms with van der Waals surface area (Å²) in [5.41, 5.74) is 0.962. The molecule has 0 bridgehead atoms. The Labute approximate surface area is 206 Å². The Morgan fingerprint density at radius 1 is 1.06 bits per heavy atom. The molecular formula is C24H17ClF3N4O2S+. The first kappa shape index (κ1) is 23.6. The third kappa shape index (κ3) is 4.57. The molecule has 0 radical (unpaired) electrons. The maximum atomic E-state index is 13.4. The third-order valence-electron chi connectivity index (χ3n) is 5.78. The molecule has 3 aromatic heterocycles. The van der Waals surface area contributed by atoms with Gasteiger partial charge in [-0.1, -0.05) is 35.9 Å². The highest BCUT2D eigenvalue weighted by atomic mass is 35.5. The number of carbonyl (C=O) groups is 1. The van der Waals surface area contributed by atoms with Gasteiger partial charge in [0.1, 0.15) is 11.7 Å². The molecule has 0 spiro atoms. The Kier molecular flexibility index (Phi) is 6.14. The lowest BCUT2D eigenvalue weighted by atomic mass is 9.93. The van der Waals surface area contributed by atoms with E-state index in [0.717, 1.165) is 22.2 Å². The summed E-state index contributed by atoms with van der Waals surface area (Å²) in [7, 11) is 0. The van der Waals surface area contributed by atoms with Crippen molar-refractivity contribution in [3.8, 4) is 11.1 Å². The number of aromatic nitrogens is 3. The monoisotopic (exact) mass is 517 g/mol. The summed E-state index contributed by atoms with van der Waals surface area (Å²) in [5, 5.41) is 12.3. The zero-order valence-electron chi connectivity index (χ0n) is 17.9. The van der Waals surface area contributed by atoms with Crippen LogP contribution < -0.4 is 4.57 Å². The number of benzene rings is 1. The van der Waals surface area contributed by atoms with Crippen LogP contribution in [-0.4, -0.2) is 26.0 Å². The van der Waals surface area contributed by atoms with Crippen LogP contribution in [0.25, 0.3) is 11.1 Å². The number of thiazole rings is 1. The summed E-state index contributed by atoms with van der Waals surface area (Å²) >= 11 is 7.27. The van der Waals surface area contributed by atoms with Gasteiger partial charge in [0.2, 0.25) is 6.17 Å². The number of ketones is 1. The third-order valence-corrected chi connectivity index (χ3v) is 6.92. The molecule has 6 nitrogen and oxygen atoms in total. The Hall–Kier alpha value is -3.18. The molecule has 11 heteroatoms. The summed E-state index contributed by atoms with van der Waals surface area (Å²) in [6.45, 7) is 0. The molecule has 2 unspecified atom stereocenters. The van der Waals surface area contributed by atoms with Crippen molar-refractivity contribution in [3.63, 3.8) is 0 Å². The van der Waals surface area contributed by atoms with Gasteiger partial charge in [-0.25, -0.2) is 4.98 Å². The number of rotatable bonds is 4. The van der Waals surface area contributed by atoms with Crippen molar-refractivity contribution in [3.05, 3.63) is 99.5 Å². The molecule has 1 aliphatic heterocycles. The second-order valence-corrected chi connectivity index (χ2v) is 9.66. The minimum Gasteiger partial charge on any atom is -0.307 e. The fourth-order valence-electron chi connectivity index (χ4n) is 4.16. The first-order chi connectivity index (χ1) is 16.7. The number of hydrogen-bond acceptors (Lipinski definition) is 6. The van der Waals surface area contributed by atoms with Gasteiger partial charge in [0.25, 0.3) is 11.5 Å². The van der Waals surface area contributed by atoms with E-state index in [0.29, 0.717) is 33.3 Å². The zero-order valence-corrected chi connectivity index (χ0v) is 19.4. The van der Waals surface area contributed by atoms with Crippen LogP contribution in [0.15, 0.2) is 73.2 Å². The molecule has 178 valence electrons. The minimum atomic E-state index is -4.53. The normalized spacial score (nSPS) is 18.5. The van der Waals surface area contributed by atoms with Crippen molar-refractivity contribution in [1.82, 2.24) is 15.0 Å². The molecule has 0 amide bonds. The van der Waals surface area contributed by atoms with Gasteiger partial charge in [-0.05, 0) is 29.3 Å². The molecule has 0 saturated carbocycles. The number of nitrogens with zero attached hydrogens (tertiary/aromatic N) is 4. The van der Waals surface area contributed by atoms with E-state index in [4.69, 9.17) is 11.6 Å². The molecule has 1 aromatic carbocycles. The van der Waals surface area contributed by atoms with Gasteiger partial charge in [-0.3, -0.25) is 9.78 Å². The fourth-order valence-corrected chi connectivity index (χ4v) is 5.16. The van der Waals surface area contributed by atoms with E-state index in [1.54, 1.807) is 59.4 Å². The molecule has 2 atom stereocenters. The molecule has 1 aliphatic rings. The maximum Gasteiger partial charge on any atom is 0.433 e. The van der Waals surface area contributed by atoms with Crippen LogP contribution in [0, 0.1) is 0 Å². The number of carbonyl (C=O) groups excluding carboxylic acids is 1. The molecule has 0 aliphatic carbocycles. The first-order valence-corrected chi connectivity index (χ1v) is 11.7. The molecule has 1 N–H and O–H groups in total. The van der Waals surface area contributed by atoms with Gasteiger partial charge in [0.15, 0.2) is 10.7 Å². The number of Topliss-reactive ketones (excluding diaryl/α,β-unsaturated/α-hetero) is 1. The SMILES string of the molecule is O=C1c2cccc[n+]2C(Cc2cnc(Cl)s2)N(O)C1c1cccc(-c2ccc(C(F)(F)F)nc2)c1. The average Bonchev–Trinajstić information content (AvgIpc) is 3.26. The van der Waals surface area contributed by atoms with Gasteiger partial charge < -0.3 is 5.21 Å². The van der Waals surface area contributed by atoms with Crippen molar-refractivity contribution in [2.45, 2.75) is 24.8 Å². The van der Waals surface area contributed by atoms with Crippen LogP contribution in [0.1, 0.15) is 38.8 Å². The van der Waals surface area contributed by atoms with Crippen LogP contribution in [-0.2, 0) is 12.6 Å².